The van der Waals surface area contributed by atoms with E-state index in [2.05, 4.69) is 9.88 Å². The first kappa shape index (κ1) is 17.5. The number of fused-ring (bicyclic) bond motifs is 1. The molecule has 6 heteroatoms. The average molecular weight is 357 g/mol. The zero-order valence-corrected chi connectivity index (χ0v) is 15.4. The van der Waals surface area contributed by atoms with Gasteiger partial charge in [0.05, 0.1) is 0 Å². The summed E-state index contributed by atoms with van der Waals surface area (Å²) in [7, 11) is 0. The Labute approximate surface area is 154 Å². The van der Waals surface area contributed by atoms with E-state index in [9.17, 15) is 14.7 Å². The lowest BCUT2D eigenvalue weighted by Gasteiger charge is -2.33. The monoisotopic (exact) mass is 357 g/mol. The van der Waals surface area contributed by atoms with Crippen LogP contribution in [0.5, 0.6) is 0 Å². The Bertz CT molecular complexity index is 716. The molecule has 3 heterocycles. The van der Waals surface area contributed by atoms with Crippen LogP contribution >= 0.6 is 0 Å². The molecule has 1 N–H and O–H groups in total. The van der Waals surface area contributed by atoms with Gasteiger partial charge in [0.1, 0.15) is 11.1 Å². The Morgan fingerprint density at radius 2 is 1.92 bits per heavy atom. The number of carbonyl (C=O) groups is 2. The van der Waals surface area contributed by atoms with Crippen molar-refractivity contribution in [2.75, 3.05) is 26.2 Å². The lowest BCUT2D eigenvalue weighted by Crippen LogP contribution is -2.44. The van der Waals surface area contributed by atoms with Gasteiger partial charge in [-0.2, -0.15) is 0 Å². The van der Waals surface area contributed by atoms with E-state index in [0.29, 0.717) is 31.4 Å². The van der Waals surface area contributed by atoms with Gasteiger partial charge in [-0.15, -0.1) is 0 Å². The van der Waals surface area contributed by atoms with Gasteiger partial charge in [0.25, 0.3) is 5.91 Å². The molecule has 2 atom stereocenters. The van der Waals surface area contributed by atoms with Crippen LogP contribution in [0, 0.1) is 18.3 Å². The zero-order valence-electron chi connectivity index (χ0n) is 15.4. The number of rotatable bonds is 3. The summed E-state index contributed by atoms with van der Waals surface area (Å²) in [5, 5.41) is 10.0. The number of pyridine rings is 1. The summed E-state index contributed by atoms with van der Waals surface area (Å²) >= 11 is 0. The van der Waals surface area contributed by atoms with Gasteiger partial charge in [-0.25, -0.2) is 4.98 Å². The van der Waals surface area contributed by atoms with Crippen LogP contribution in [0.25, 0.3) is 0 Å². The third-order valence-electron chi connectivity index (χ3n) is 6.55. The molecule has 1 aromatic heterocycles. The molecular formula is C20H27N3O3. The maximum Gasteiger partial charge on any atom is 0.313 e. The Hall–Kier alpha value is -1.95. The number of aliphatic carboxylic acids is 1. The fraction of sp³-hybridized carbons (Fsp3) is 0.650. The first-order chi connectivity index (χ1) is 12.5. The molecule has 6 nitrogen and oxygen atoms in total. The normalized spacial score (nSPS) is 29.7. The van der Waals surface area contributed by atoms with Crippen molar-refractivity contribution in [1.82, 2.24) is 14.8 Å². The van der Waals surface area contributed by atoms with Crippen LogP contribution in [-0.2, 0) is 4.79 Å². The minimum Gasteiger partial charge on any atom is -0.481 e. The van der Waals surface area contributed by atoms with Crippen LogP contribution in [0.4, 0.5) is 0 Å². The second kappa shape index (κ2) is 6.65. The molecule has 140 valence electrons. The maximum atomic E-state index is 12.8. The predicted molar refractivity (Wildman–Crippen MR) is 96.9 cm³/mol. The SMILES string of the molecule is Cc1cccc(C(=O)N2C[C@@H]3CN(C4CCCCC4)C[C@]3(C(=O)O)C2)n1. The van der Waals surface area contributed by atoms with E-state index in [0.717, 1.165) is 12.2 Å². The molecular weight excluding hydrogens is 330 g/mol. The fourth-order valence-corrected chi connectivity index (χ4v) is 5.11. The molecule has 0 aromatic carbocycles. The molecule has 3 aliphatic rings. The standard InChI is InChI=1S/C20H27N3O3/c1-14-6-5-9-17(21-14)18(24)23-11-15-10-22(16-7-3-2-4-8-16)12-20(15,13-23)19(25)26/h5-6,9,15-16H,2-4,7-8,10-13H2,1H3,(H,25,26)/t15-,20-/m0/s1. The molecule has 3 fully saturated rings. The van der Waals surface area contributed by atoms with Crippen LogP contribution in [0.3, 0.4) is 0 Å². The smallest absolute Gasteiger partial charge is 0.313 e. The van der Waals surface area contributed by atoms with Gasteiger partial charge in [-0.3, -0.25) is 14.5 Å². The average Bonchev–Trinajstić information content (AvgIpc) is 3.17. The molecule has 0 spiro atoms. The summed E-state index contributed by atoms with van der Waals surface area (Å²) in [6, 6.07) is 5.92. The van der Waals surface area contributed by atoms with Gasteiger partial charge in [-0.1, -0.05) is 25.3 Å². The number of aromatic nitrogens is 1. The molecule has 1 aliphatic carbocycles. The third-order valence-corrected chi connectivity index (χ3v) is 6.55. The summed E-state index contributed by atoms with van der Waals surface area (Å²) in [4.78, 5) is 33.5. The van der Waals surface area contributed by atoms with E-state index in [-0.39, 0.29) is 11.8 Å². The van der Waals surface area contributed by atoms with Crippen LogP contribution in [0.2, 0.25) is 0 Å². The summed E-state index contributed by atoms with van der Waals surface area (Å²) < 4.78 is 0. The molecule has 4 rings (SSSR count). The summed E-state index contributed by atoms with van der Waals surface area (Å²) in [6.07, 6.45) is 6.14. The summed E-state index contributed by atoms with van der Waals surface area (Å²) in [5.74, 6) is -0.892. The largest absolute Gasteiger partial charge is 0.481 e. The molecule has 1 saturated carbocycles. The van der Waals surface area contributed by atoms with Crippen molar-refractivity contribution in [3.05, 3.63) is 29.6 Å². The molecule has 1 aromatic rings. The maximum absolute atomic E-state index is 12.8. The van der Waals surface area contributed by atoms with Gasteiger partial charge >= 0.3 is 5.97 Å². The van der Waals surface area contributed by atoms with Crippen molar-refractivity contribution in [2.24, 2.45) is 11.3 Å². The minimum atomic E-state index is -0.822. The molecule has 0 radical (unpaired) electrons. The molecule has 26 heavy (non-hydrogen) atoms. The van der Waals surface area contributed by atoms with Crippen molar-refractivity contribution >= 4 is 11.9 Å². The summed E-state index contributed by atoms with van der Waals surface area (Å²) in [5.41, 5.74) is 0.387. The first-order valence-corrected chi connectivity index (χ1v) is 9.70. The lowest BCUT2D eigenvalue weighted by atomic mass is 9.81. The van der Waals surface area contributed by atoms with Crippen LogP contribution in [-0.4, -0.2) is 64.0 Å². The highest BCUT2D eigenvalue weighted by molar-refractivity contribution is 5.93. The van der Waals surface area contributed by atoms with Gasteiger partial charge in [-0.05, 0) is 31.9 Å². The van der Waals surface area contributed by atoms with Crippen molar-refractivity contribution in [1.29, 1.82) is 0 Å². The quantitative estimate of drug-likeness (QED) is 0.898. The Morgan fingerprint density at radius 3 is 2.58 bits per heavy atom. The van der Waals surface area contributed by atoms with Crippen molar-refractivity contribution < 1.29 is 14.7 Å². The highest BCUT2D eigenvalue weighted by Crippen LogP contribution is 2.45. The Kier molecular flexibility index (Phi) is 4.47. The van der Waals surface area contributed by atoms with E-state index in [1.54, 1.807) is 11.0 Å². The number of carboxylic acids is 1. The number of aryl methyl sites for hydroxylation is 1. The Morgan fingerprint density at radius 1 is 1.15 bits per heavy atom. The van der Waals surface area contributed by atoms with Gasteiger partial charge in [0, 0.05) is 43.8 Å². The molecule has 1 amide bonds. The molecule has 0 bridgehead atoms. The van der Waals surface area contributed by atoms with Crippen LogP contribution in [0.1, 0.15) is 48.3 Å². The topological polar surface area (TPSA) is 73.7 Å². The van der Waals surface area contributed by atoms with Crippen molar-refractivity contribution in [2.45, 2.75) is 45.1 Å². The molecule has 2 aliphatic heterocycles. The van der Waals surface area contributed by atoms with Crippen LogP contribution < -0.4 is 0 Å². The molecule has 0 unspecified atom stereocenters. The summed E-state index contributed by atoms with van der Waals surface area (Å²) in [6.45, 7) is 4.04. The van der Waals surface area contributed by atoms with E-state index >= 15 is 0 Å². The minimum absolute atomic E-state index is 0.00989. The van der Waals surface area contributed by atoms with E-state index in [4.69, 9.17) is 0 Å². The molecule has 2 saturated heterocycles. The lowest BCUT2D eigenvalue weighted by molar-refractivity contribution is -0.148. The highest BCUT2D eigenvalue weighted by Gasteiger charge is 2.59. The number of amides is 1. The van der Waals surface area contributed by atoms with Crippen LogP contribution in [0.15, 0.2) is 18.2 Å². The van der Waals surface area contributed by atoms with Crippen molar-refractivity contribution in [3.63, 3.8) is 0 Å². The number of likely N-dealkylation sites (tertiary alicyclic amines) is 2. The van der Waals surface area contributed by atoms with Gasteiger partial charge in [0.15, 0.2) is 0 Å². The second-order valence-electron chi connectivity index (χ2n) is 8.23. The predicted octanol–water partition coefficient (Wildman–Crippen LogP) is 2.18. The number of carbonyl (C=O) groups excluding carboxylic acids is 1. The number of hydrogen-bond donors (Lipinski definition) is 1. The Balaban J connectivity index is 1.51. The first-order valence-electron chi connectivity index (χ1n) is 9.70. The van der Waals surface area contributed by atoms with Crippen molar-refractivity contribution in [3.8, 4) is 0 Å². The highest BCUT2D eigenvalue weighted by atomic mass is 16.4. The van der Waals surface area contributed by atoms with E-state index < -0.39 is 11.4 Å². The number of hydrogen-bond acceptors (Lipinski definition) is 4. The number of carboxylic acid groups (broad SMARTS) is 1. The van der Waals surface area contributed by atoms with Gasteiger partial charge in [0.2, 0.25) is 0 Å². The second-order valence-corrected chi connectivity index (χ2v) is 8.23. The third kappa shape index (κ3) is 2.90. The van der Waals surface area contributed by atoms with E-state index in [1.807, 2.05) is 19.1 Å². The number of nitrogens with zero attached hydrogens (tertiary/aromatic N) is 3. The van der Waals surface area contributed by atoms with E-state index in [1.165, 1.54) is 32.1 Å². The van der Waals surface area contributed by atoms with Gasteiger partial charge < -0.3 is 10.0 Å². The zero-order chi connectivity index (χ0) is 18.3. The fourth-order valence-electron chi connectivity index (χ4n) is 5.11.